The van der Waals surface area contributed by atoms with E-state index in [0.717, 1.165) is 21.7 Å². The fourth-order valence-electron chi connectivity index (χ4n) is 3.14. The zero-order chi connectivity index (χ0) is 22.4. The summed E-state index contributed by atoms with van der Waals surface area (Å²) in [6.45, 7) is 3.88. The summed E-state index contributed by atoms with van der Waals surface area (Å²) in [7, 11) is -3.69. The van der Waals surface area contributed by atoms with Gasteiger partial charge in [-0.15, -0.1) is 0 Å². The first-order valence-corrected chi connectivity index (χ1v) is 11.7. The molecule has 0 spiro atoms. The largest absolute Gasteiger partial charge is 0.457 e. The molecule has 3 rings (SSSR count). The monoisotopic (exact) mass is 438 g/mol. The first-order chi connectivity index (χ1) is 14.7. The molecule has 0 bridgehead atoms. The van der Waals surface area contributed by atoms with Gasteiger partial charge in [-0.2, -0.15) is 0 Å². The highest BCUT2D eigenvalue weighted by Gasteiger charge is 2.29. The van der Waals surface area contributed by atoms with Gasteiger partial charge in [0.2, 0.25) is 15.9 Å². The minimum Gasteiger partial charge on any atom is -0.457 e. The number of hydrogen-bond donors (Lipinski definition) is 1. The molecule has 162 valence electrons. The van der Waals surface area contributed by atoms with Crippen LogP contribution >= 0.6 is 0 Å². The molecule has 6 nitrogen and oxygen atoms in total. The van der Waals surface area contributed by atoms with E-state index in [2.05, 4.69) is 5.32 Å². The highest BCUT2D eigenvalue weighted by atomic mass is 32.2. The summed E-state index contributed by atoms with van der Waals surface area (Å²) in [5.41, 5.74) is 2.46. The lowest BCUT2D eigenvalue weighted by Gasteiger charge is -2.28. The Hall–Kier alpha value is -3.32. The fourth-order valence-corrected chi connectivity index (χ4v) is 4.31. The topological polar surface area (TPSA) is 75.7 Å². The third kappa shape index (κ3) is 6.08. The Morgan fingerprint density at radius 2 is 1.52 bits per heavy atom. The quantitative estimate of drug-likeness (QED) is 0.570. The van der Waals surface area contributed by atoms with E-state index in [4.69, 9.17) is 4.74 Å². The molecular formula is C24H26N2O4S. The first-order valence-electron chi connectivity index (χ1n) is 9.89. The predicted molar refractivity (Wildman–Crippen MR) is 123 cm³/mol. The zero-order valence-corrected chi connectivity index (χ0v) is 18.6. The SMILES string of the molecule is Cc1ccc(CNC(=O)[C@H](C)N(c2ccc(Oc3ccccc3)cc2)S(C)(=O)=O)cc1. The molecule has 0 aliphatic carbocycles. The molecule has 0 aromatic heterocycles. The van der Waals surface area contributed by atoms with Gasteiger partial charge in [0.25, 0.3) is 0 Å². The molecule has 1 atom stereocenters. The van der Waals surface area contributed by atoms with Gasteiger partial charge in [-0.3, -0.25) is 9.10 Å². The molecule has 0 aliphatic heterocycles. The number of carbonyl (C=O) groups is 1. The number of anilines is 1. The Kier molecular flexibility index (Phi) is 6.97. The Bertz CT molecular complexity index is 1110. The van der Waals surface area contributed by atoms with E-state index in [0.29, 0.717) is 23.7 Å². The van der Waals surface area contributed by atoms with Crippen LogP contribution in [0.15, 0.2) is 78.9 Å². The second-order valence-corrected chi connectivity index (χ2v) is 9.21. The van der Waals surface area contributed by atoms with E-state index < -0.39 is 16.1 Å². The predicted octanol–water partition coefficient (Wildman–Crippen LogP) is 4.26. The van der Waals surface area contributed by atoms with Crippen LogP contribution in [-0.4, -0.2) is 26.6 Å². The van der Waals surface area contributed by atoms with Gasteiger partial charge in [0.05, 0.1) is 11.9 Å². The van der Waals surface area contributed by atoms with Crippen molar-refractivity contribution in [2.75, 3.05) is 10.6 Å². The third-order valence-corrected chi connectivity index (χ3v) is 5.99. The number of ether oxygens (including phenoxy) is 1. The smallest absolute Gasteiger partial charge is 0.243 e. The van der Waals surface area contributed by atoms with Crippen LogP contribution in [0.2, 0.25) is 0 Å². The summed E-state index contributed by atoms with van der Waals surface area (Å²) >= 11 is 0. The van der Waals surface area contributed by atoms with Crippen LogP contribution < -0.4 is 14.4 Å². The highest BCUT2D eigenvalue weighted by Crippen LogP contribution is 2.27. The molecule has 0 radical (unpaired) electrons. The molecule has 1 N–H and O–H groups in total. The molecule has 31 heavy (non-hydrogen) atoms. The van der Waals surface area contributed by atoms with E-state index >= 15 is 0 Å². The normalized spacial score (nSPS) is 12.1. The molecule has 1 amide bonds. The highest BCUT2D eigenvalue weighted by molar-refractivity contribution is 7.92. The van der Waals surface area contributed by atoms with Gasteiger partial charge >= 0.3 is 0 Å². The minimum absolute atomic E-state index is 0.324. The lowest BCUT2D eigenvalue weighted by Crippen LogP contribution is -2.47. The van der Waals surface area contributed by atoms with Crippen molar-refractivity contribution in [1.82, 2.24) is 5.32 Å². The van der Waals surface area contributed by atoms with E-state index in [1.165, 1.54) is 0 Å². The number of benzene rings is 3. The number of amides is 1. The Morgan fingerprint density at radius 1 is 0.935 bits per heavy atom. The summed E-state index contributed by atoms with van der Waals surface area (Å²) < 4.78 is 31.8. The van der Waals surface area contributed by atoms with Crippen LogP contribution in [0, 0.1) is 6.92 Å². The van der Waals surface area contributed by atoms with Crippen molar-refractivity contribution in [3.8, 4) is 11.5 Å². The van der Waals surface area contributed by atoms with Crippen LogP contribution in [0.4, 0.5) is 5.69 Å². The molecule has 0 saturated carbocycles. The number of nitrogens with zero attached hydrogens (tertiary/aromatic N) is 1. The second-order valence-electron chi connectivity index (χ2n) is 7.35. The van der Waals surface area contributed by atoms with Gasteiger partial charge in [-0.25, -0.2) is 8.42 Å². The molecule has 0 heterocycles. The maximum atomic E-state index is 12.7. The van der Waals surface area contributed by atoms with Gasteiger partial charge in [-0.1, -0.05) is 48.0 Å². The Morgan fingerprint density at radius 3 is 2.10 bits per heavy atom. The maximum Gasteiger partial charge on any atom is 0.243 e. The van der Waals surface area contributed by atoms with Crippen molar-refractivity contribution in [3.05, 3.63) is 90.0 Å². The van der Waals surface area contributed by atoms with Gasteiger partial charge < -0.3 is 10.1 Å². The first kappa shape index (κ1) is 22.4. The fraction of sp³-hybridized carbons (Fsp3) is 0.208. The van der Waals surface area contributed by atoms with Crippen LogP contribution in [0.5, 0.6) is 11.5 Å². The molecule has 3 aromatic carbocycles. The number of sulfonamides is 1. The number of hydrogen-bond acceptors (Lipinski definition) is 4. The average molecular weight is 439 g/mol. The number of carbonyl (C=O) groups excluding carboxylic acids is 1. The third-order valence-electron chi connectivity index (χ3n) is 4.75. The average Bonchev–Trinajstić information content (AvgIpc) is 2.74. The molecule has 0 fully saturated rings. The van der Waals surface area contributed by atoms with E-state index in [1.807, 2.05) is 61.5 Å². The number of aryl methyl sites for hydroxylation is 1. The maximum absolute atomic E-state index is 12.7. The summed E-state index contributed by atoms with van der Waals surface area (Å²) in [6.07, 6.45) is 1.09. The van der Waals surface area contributed by atoms with Gasteiger partial charge in [0.1, 0.15) is 17.5 Å². The number of nitrogens with one attached hydrogen (secondary N) is 1. The van der Waals surface area contributed by atoms with Crippen molar-refractivity contribution in [3.63, 3.8) is 0 Å². The molecule has 7 heteroatoms. The van der Waals surface area contributed by atoms with Crippen LogP contribution in [-0.2, 0) is 21.4 Å². The van der Waals surface area contributed by atoms with Crippen LogP contribution in [0.1, 0.15) is 18.1 Å². The zero-order valence-electron chi connectivity index (χ0n) is 17.8. The van der Waals surface area contributed by atoms with E-state index in [1.54, 1.807) is 31.2 Å². The van der Waals surface area contributed by atoms with E-state index in [-0.39, 0.29) is 5.91 Å². The van der Waals surface area contributed by atoms with Crippen molar-refractivity contribution < 1.29 is 17.9 Å². The second kappa shape index (κ2) is 9.66. The van der Waals surface area contributed by atoms with Gasteiger partial charge in [0, 0.05) is 6.54 Å². The standard InChI is InChI=1S/C24H26N2O4S/c1-18-9-11-20(12-10-18)17-25-24(27)19(2)26(31(3,28)29)21-13-15-23(16-14-21)30-22-7-5-4-6-8-22/h4-16,19H,17H2,1-3H3,(H,25,27)/t19-/m0/s1. The summed E-state index contributed by atoms with van der Waals surface area (Å²) in [4.78, 5) is 12.7. The Balaban J connectivity index is 1.73. The van der Waals surface area contributed by atoms with Crippen molar-refractivity contribution in [2.24, 2.45) is 0 Å². The number of rotatable bonds is 8. The van der Waals surface area contributed by atoms with E-state index in [9.17, 15) is 13.2 Å². The summed E-state index contributed by atoms with van der Waals surface area (Å²) in [5, 5.41) is 2.81. The Labute approximate surface area is 183 Å². The van der Waals surface area contributed by atoms with Crippen molar-refractivity contribution in [2.45, 2.75) is 26.4 Å². The number of para-hydroxylation sites is 1. The molecule has 0 saturated heterocycles. The lowest BCUT2D eigenvalue weighted by molar-refractivity contribution is -0.122. The molecule has 0 unspecified atom stereocenters. The van der Waals surface area contributed by atoms with Crippen molar-refractivity contribution in [1.29, 1.82) is 0 Å². The van der Waals surface area contributed by atoms with Crippen LogP contribution in [0.3, 0.4) is 0 Å². The molecule has 3 aromatic rings. The summed E-state index contributed by atoms with van der Waals surface area (Å²) in [6, 6.07) is 22.8. The van der Waals surface area contributed by atoms with Gasteiger partial charge in [-0.05, 0) is 55.8 Å². The van der Waals surface area contributed by atoms with Crippen molar-refractivity contribution >= 4 is 21.6 Å². The minimum atomic E-state index is -3.69. The van der Waals surface area contributed by atoms with Gasteiger partial charge in [0.15, 0.2) is 0 Å². The molecular weight excluding hydrogens is 412 g/mol. The molecule has 0 aliphatic rings. The lowest BCUT2D eigenvalue weighted by atomic mass is 10.1. The van der Waals surface area contributed by atoms with Crippen LogP contribution in [0.25, 0.3) is 0 Å². The summed E-state index contributed by atoms with van der Waals surface area (Å²) in [5.74, 6) is 0.870.